The number of amides is 1. The zero-order valence-electron chi connectivity index (χ0n) is 23.4. The van der Waals surface area contributed by atoms with E-state index >= 15 is 4.39 Å². The van der Waals surface area contributed by atoms with Crippen molar-refractivity contribution in [1.82, 2.24) is 9.88 Å². The second kappa shape index (κ2) is 13.2. The Morgan fingerprint density at radius 1 is 1.26 bits per heavy atom. The van der Waals surface area contributed by atoms with Crippen LogP contribution in [0.3, 0.4) is 0 Å². The van der Waals surface area contributed by atoms with Gasteiger partial charge in [-0.2, -0.15) is 17.6 Å². The van der Waals surface area contributed by atoms with Gasteiger partial charge in [-0.25, -0.2) is 4.39 Å². The van der Waals surface area contributed by atoms with Gasteiger partial charge < -0.3 is 29.4 Å². The van der Waals surface area contributed by atoms with Crippen molar-refractivity contribution in [2.45, 2.75) is 43.8 Å². The van der Waals surface area contributed by atoms with Crippen LogP contribution in [0, 0.1) is 17.6 Å². The molecular weight excluding hydrogens is 569 g/mol. The molecule has 0 unspecified atom stereocenters. The van der Waals surface area contributed by atoms with Crippen molar-refractivity contribution in [1.29, 1.82) is 0 Å². The summed E-state index contributed by atoms with van der Waals surface area (Å²) in [5, 5.41) is 12.7. The molecule has 2 fully saturated rings. The fraction of sp³-hybridized carbons (Fsp3) is 0.571. The number of aliphatic hydroxyl groups is 1. The zero-order valence-corrected chi connectivity index (χ0v) is 23.4. The van der Waals surface area contributed by atoms with Gasteiger partial charge in [0.2, 0.25) is 5.82 Å². The Hall–Kier alpha value is -2.91. The number of halogens is 5. The first kappa shape index (κ1) is 32.0. The molecule has 42 heavy (non-hydrogen) atoms. The molecule has 4 rings (SSSR count). The number of aromatic nitrogens is 1. The van der Waals surface area contributed by atoms with Gasteiger partial charge in [0.05, 0.1) is 25.5 Å². The minimum Gasteiger partial charge on any atom is -0.489 e. The number of morpholine rings is 1. The summed E-state index contributed by atoms with van der Waals surface area (Å²) in [5.74, 6) is -6.91. The summed E-state index contributed by atoms with van der Waals surface area (Å²) in [7, 11) is 1.38. The third kappa shape index (κ3) is 6.67. The van der Waals surface area contributed by atoms with Crippen LogP contribution in [0.25, 0.3) is 0 Å². The average molecular weight is 604 g/mol. The summed E-state index contributed by atoms with van der Waals surface area (Å²) in [4.78, 5) is 19.5. The number of carbonyl (C=O) groups excluding carboxylic acids is 1. The van der Waals surface area contributed by atoms with Crippen molar-refractivity contribution >= 4 is 11.6 Å². The van der Waals surface area contributed by atoms with Crippen LogP contribution in [-0.2, 0) is 19.0 Å². The lowest BCUT2D eigenvalue weighted by Crippen LogP contribution is -2.47. The maximum absolute atomic E-state index is 15.2. The number of anilines is 1. The second-order valence-electron chi connectivity index (χ2n) is 10.5. The topological polar surface area (TPSA) is 102 Å². The van der Waals surface area contributed by atoms with Crippen LogP contribution in [0.15, 0.2) is 30.5 Å². The second-order valence-corrected chi connectivity index (χ2v) is 10.5. The smallest absolute Gasteiger partial charge is 0.417 e. The molecule has 5 atom stereocenters. The number of aliphatic hydroxyl groups excluding tert-OH is 1. The first-order valence-corrected chi connectivity index (χ1v) is 13.5. The molecule has 2 aromatic rings. The van der Waals surface area contributed by atoms with Gasteiger partial charge >= 0.3 is 6.18 Å². The molecule has 2 aliphatic rings. The van der Waals surface area contributed by atoms with Crippen LogP contribution in [0.1, 0.15) is 37.1 Å². The van der Waals surface area contributed by atoms with Gasteiger partial charge in [0.25, 0.3) is 5.91 Å². The Labute approximate surface area is 239 Å². The van der Waals surface area contributed by atoms with Crippen LogP contribution in [-0.4, -0.2) is 92.0 Å². The van der Waals surface area contributed by atoms with Crippen LogP contribution < -0.4 is 10.1 Å². The fourth-order valence-corrected chi connectivity index (χ4v) is 5.25. The average Bonchev–Trinajstić information content (AvgIpc) is 3.23. The largest absolute Gasteiger partial charge is 0.489 e. The maximum Gasteiger partial charge on any atom is 0.417 e. The molecule has 1 aromatic carbocycles. The molecule has 3 heterocycles. The van der Waals surface area contributed by atoms with Crippen molar-refractivity contribution in [3.8, 4) is 5.75 Å². The highest BCUT2D eigenvalue weighted by molar-refractivity contribution is 5.95. The summed E-state index contributed by atoms with van der Waals surface area (Å²) < 4.78 is 93.8. The summed E-state index contributed by atoms with van der Waals surface area (Å²) in [5.41, 5.74) is -2.64. The van der Waals surface area contributed by atoms with E-state index in [2.05, 4.69) is 10.3 Å². The van der Waals surface area contributed by atoms with E-state index in [1.165, 1.54) is 32.4 Å². The lowest BCUT2D eigenvalue weighted by molar-refractivity contribution is -0.272. The van der Waals surface area contributed by atoms with E-state index in [0.29, 0.717) is 32.8 Å². The molecule has 2 saturated heterocycles. The molecule has 0 radical (unpaired) electrons. The molecule has 0 spiro atoms. The van der Waals surface area contributed by atoms with Gasteiger partial charge in [-0.05, 0) is 25.1 Å². The van der Waals surface area contributed by atoms with E-state index in [4.69, 9.17) is 18.9 Å². The first-order valence-electron chi connectivity index (χ1n) is 13.5. The Kier molecular flexibility index (Phi) is 10.0. The van der Waals surface area contributed by atoms with Crippen LogP contribution in [0.4, 0.5) is 27.6 Å². The molecule has 2 N–H and O–H groups in total. The van der Waals surface area contributed by atoms with Crippen LogP contribution >= 0.6 is 0 Å². The summed E-state index contributed by atoms with van der Waals surface area (Å²) >= 11 is 0. The monoisotopic (exact) mass is 603 g/mol. The number of carbonyl (C=O) groups is 1. The van der Waals surface area contributed by atoms with Gasteiger partial charge in [0.1, 0.15) is 18.8 Å². The Morgan fingerprint density at radius 2 is 1.98 bits per heavy atom. The van der Waals surface area contributed by atoms with Gasteiger partial charge in [0, 0.05) is 56.0 Å². The SMILES string of the molecule is COC[C@H](O)c1cc(NC(=O)[C@@H]2O[C@@](C)(C(F)(F)F)[C@@H](C)[C@H]2c2ccc(F)c(F)c2OCCN2CCOCC2)ccn1. The number of nitrogens with one attached hydrogen (secondary N) is 1. The van der Waals surface area contributed by atoms with Crippen molar-refractivity contribution in [2.24, 2.45) is 5.92 Å². The Bertz CT molecular complexity index is 1250. The quantitative estimate of drug-likeness (QED) is 0.396. The van der Waals surface area contributed by atoms with E-state index in [-0.39, 0.29) is 30.2 Å². The minimum absolute atomic E-state index is 0.0771. The van der Waals surface area contributed by atoms with Crippen molar-refractivity contribution in [2.75, 3.05) is 58.5 Å². The van der Waals surface area contributed by atoms with E-state index < -0.39 is 59.1 Å². The highest BCUT2D eigenvalue weighted by Gasteiger charge is 2.66. The third-order valence-corrected chi connectivity index (χ3v) is 7.84. The number of hydrogen-bond donors (Lipinski definition) is 2. The van der Waals surface area contributed by atoms with Crippen molar-refractivity contribution in [3.63, 3.8) is 0 Å². The number of ether oxygens (including phenoxy) is 4. The zero-order chi connectivity index (χ0) is 30.7. The highest BCUT2D eigenvalue weighted by atomic mass is 19.4. The summed E-state index contributed by atoms with van der Waals surface area (Å²) in [6, 6.07) is 4.64. The van der Waals surface area contributed by atoms with Crippen LogP contribution in [0.2, 0.25) is 0 Å². The predicted molar refractivity (Wildman–Crippen MR) is 140 cm³/mol. The first-order chi connectivity index (χ1) is 19.9. The molecular formula is C28H34F5N3O6. The molecule has 1 amide bonds. The fourth-order valence-electron chi connectivity index (χ4n) is 5.25. The molecule has 0 bridgehead atoms. The van der Waals surface area contributed by atoms with E-state index in [9.17, 15) is 27.5 Å². The minimum atomic E-state index is -4.90. The number of methoxy groups -OCH3 is 1. The number of nitrogens with zero attached hydrogens (tertiary/aromatic N) is 2. The number of hydrogen-bond acceptors (Lipinski definition) is 8. The molecule has 9 nitrogen and oxygen atoms in total. The molecule has 0 saturated carbocycles. The van der Waals surface area contributed by atoms with Gasteiger partial charge in [0.15, 0.2) is 17.2 Å². The maximum atomic E-state index is 15.2. The summed E-state index contributed by atoms with van der Waals surface area (Å²) in [6.45, 7) is 4.50. The lowest BCUT2D eigenvalue weighted by atomic mass is 9.77. The highest BCUT2D eigenvalue weighted by Crippen LogP contribution is 2.55. The van der Waals surface area contributed by atoms with Gasteiger partial charge in [-0.1, -0.05) is 13.0 Å². The number of alkyl halides is 3. The normalized spacial score (nSPS) is 25.8. The third-order valence-electron chi connectivity index (χ3n) is 7.84. The van der Waals surface area contributed by atoms with E-state index in [0.717, 1.165) is 19.1 Å². The number of benzene rings is 1. The molecule has 0 aliphatic carbocycles. The molecule has 1 aromatic heterocycles. The van der Waals surface area contributed by atoms with E-state index in [1.54, 1.807) is 0 Å². The summed E-state index contributed by atoms with van der Waals surface area (Å²) in [6.07, 6.45) is -6.48. The number of rotatable bonds is 10. The predicted octanol–water partition coefficient (Wildman–Crippen LogP) is 3.83. The van der Waals surface area contributed by atoms with Crippen molar-refractivity contribution < 1.29 is 50.8 Å². The lowest BCUT2D eigenvalue weighted by Gasteiger charge is -2.32. The number of pyridine rings is 1. The van der Waals surface area contributed by atoms with Crippen LogP contribution in [0.5, 0.6) is 5.75 Å². The Balaban J connectivity index is 1.66. The molecule has 232 valence electrons. The van der Waals surface area contributed by atoms with Gasteiger partial charge in [-0.15, -0.1) is 0 Å². The molecule has 14 heteroatoms. The van der Waals surface area contributed by atoms with E-state index in [1.807, 2.05) is 4.90 Å². The standard InChI is InChI=1S/C28H34F5N3O6/c1-16-22(18-4-5-19(29)23(30)24(18)41-13-10-36-8-11-40-12-9-36)25(42-27(16,2)28(31,32)33)26(38)35-17-6-7-34-20(14-17)21(37)15-39-3/h4-7,14,16,21-22,25,37H,8-13,15H2,1-3H3,(H,34,35,38)/t16-,21-,22-,25+,27+/m0/s1. The van der Waals surface area contributed by atoms with Crippen molar-refractivity contribution in [3.05, 3.63) is 53.4 Å². The molecule has 2 aliphatic heterocycles. The van der Waals surface area contributed by atoms with Gasteiger partial charge in [-0.3, -0.25) is 14.7 Å². The Morgan fingerprint density at radius 3 is 2.64 bits per heavy atom.